The maximum Gasteiger partial charge on any atom is 0.259 e. The summed E-state index contributed by atoms with van der Waals surface area (Å²) in [6.45, 7) is 6.74. The first-order chi connectivity index (χ1) is 14.5. The third-order valence-corrected chi connectivity index (χ3v) is 5.97. The summed E-state index contributed by atoms with van der Waals surface area (Å²) in [7, 11) is 1.67. The largest absolute Gasteiger partial charge is 0.497 e. The Kier molecular flexibility index (Phi) is 5.75. The van der Waals surface area contributed by atoms with Crippen LogP contribution in [0.15, 0.2) is 34.9 Å². The van der Waals surface area contributed by atoms with Gasteiger partial charge in [-0.25, -0.2) is 4.98 Å². The lowest BCUT2D eigenvalue weighted by Gasteiger charge is -2.31. The zero-order valence-corrected chi connectivity index (χ0v) is 18.1. The van der Waals surface area contributed by atoms with Crippen LogP contribution in [0.1, 0.15) is 78.8 Å². The second-order valence-corrected chi connectivity index (χ2v) is 8.33. The van der Waals surface area contributed by atoms with Gasteiger partial charge in [0.05, 0.1) is 29.8 Å². The molecule has 0 spiro atoms. The van der Waals surface area contributed by atoms with Crippen LogP contribution < -0.4 is 4.74 Å². The molecule has 3 heterocycles. The van der Waals surface area contributed by atoms with Crippen LogP contribution in [-0.4, -0.2) is 34.6 Å². The molecular weight excluding hydrogens is 378 g/mol. The van der Waals surface area contributed by atoms with Gasteiger partial charge in [-0.2, -0.15) is 0 Å². The number of aromatic nitrogens is 2. The van der Waals surface area contributed by atoms with E-state index in [0.29, 0.717) is 17.0 Å². The number of methoxy groups -OCH3 is 1. The van der Waals surface area contributed by atoms with E-state index in [1.165, 1.54) is 0 Å². The number of pyridine rings is 1. The van der Waals surface area contributed by atoms with Crippen LogP contribution in [0.2, 0.25) is 0 Å². The van der Waals surface area contributed by atoms with Gasteiger partial charge in [0, 0.05) is 12.2 Å². The molecule has 1 aliphatic rings. The van der Waals surface area contributed by atoms with Crippen molar-refractivity contribution in [2.24, 2.45) is 0 Å². The minimum Gasteiger partial charge on any atom is -0.497 e. The Morgan fingerprint density at radius 3 is 2.67 bits per heavy atom. The second-order valence-electron chi connectivity index (χ2n) is 8.33. The Bertz CT molecular complexity index is 1040. The summed E-state index contributed by atoms with van der Waals surface area (Å²) in [5, 5.41) is 4.80. The first-order valence-corrected chi connectivity index (χ1v) is 10.7. The van der Waals surface area contributed by atoms with E-state index in [4.69, 9.17) is 9.26 Å². The smallest absolute Gasteiger partial charge is 0.259 e. The Morgan fingerprint density at radius 2 is 1.97 bits per heavy atom. The van der Waals surface area contributed by atoms with Crippen molar-refractivity contribution in [3.05, 3.63) is 52.8 Å². The summed E-state index contributed by atoms with van der Waals surface area (Å²) in [6.07, 6.45) is 4.19. The van der Waals surface area contributed by atoms with Crippen LogP contribution in [0.4, 0.5) is 0 Å². The Hall–Kier alpha value is -2.89. The highest BCUT2D eigenvalue weighted by atomic mass is 16.5. The van der Waals surface area contributed by atoms with Crippen molar-refractivity contribution < 1.29 is 14.1 Å². The number of fused-ring (bicyclic) bond motifs is 1. The molecule has 1 aromatic carbocycles. The zero-order chi connectivity index (χ0) is 21.3. The van der Waals surface area contributed by atoms with Crippen molar-refractivity contribution in [1.82, 2.24) is 15.0 Å². The Morgan fingerprint density at radius 1 is 1.20 bits per heavy atom. The highest BCUT2D eigenvalue weighted by Crippen LogP contribution is 2.34. The average Bonchev–Trinajstić information content (AvgIpc) is 2.98. The van der Waals surface area contributed by atoms with Gasteiger partial charge in [0.15, 0.2) is 0 Å². The lowest BCUT2D eigenvalue weighted by molar-refractivity contribution is 0.0682. The number of carbonyl (C=O) groups is 1. The predicted octanol–water partition coefficient (Wildman–Crippen LogP) is 5.42. The SMILES string of the molecule is COc1ccc(C2CCCCCN2C(=O)c2cc(C(C)C)nc3onc(C)c23)cc1. The monoisotopic (exact) mass is 407 g/mol. The first kappa shape index (κ1) is 20.4. The van der Waals surface area contributed by atoms with Gasteiger partial charge in [0.2, 0.25) is 0 Å². The van der Waals surface area contributed by atoms with E-state index in [1.807, 2.05) is 30.0 Å². The Balaban J connectivity index is 1.78. The number of aryl methyl sites for hydroxylation is 1. The minimum atomic E-state index is 0.0262. The second kappa shape index (κ2) is 8.46. The lowest BCUT2D eigenvalue weighted by Crippen LogP contribution is -2.35. The molecule has 0 radical (unpaired) electrons. The number of benzene rings is 1. The van der Waals surface area contributed by atoms with Gasteiger partial charge in [-0.15, -0.1) is 0 Å². The fourth-order valence-corrected chi connectivity index (χ4v) is 4.26. The molecule has 1 saturated heterocycles. The van der Waals surface area contributed by atoms with Crippen molar-refractivity contribution in [1.29, 1.82) is 0 Å². The molecule has 0 bridgehead atoms. The van der Waals surface area contributed by atoms with Crippen molar-refractivity contribution in [3.63, 3.8) is 0 Å². The molecule has 158 valence electrons. The summed E-state index contributed by atoms with van der Waals surface area (Å²) >= 11 is 0. The molecule has 1 unspecified atom stereocenters. The third kappa shape index (κ3) is 3.78. The Labute approximate surface area is 177 Å². The zero-order valence-electron chi connectivity index (χ0n) is 18.1. The van der Waals surface area contributed by atoms with Gasteiger partial charge in [0.1, 0.15) is 5.75 Å². The molecule has 2 aromatic heterocycles. The fourth-order valence-electron chi connectivity index (χ4n) is 4.26. The molecule has 1 fully saturated rings. The van der Waals surface area contributed by atoms with Crippen molar-refractivity contribution in [3.8, 4) is 5.75 Å². The summed E-state index contributed by atoms with van der Waals surface area (Å²) < 4.78 is 10.7. The molecule has 1 atom stereocenters. The van der Waals surface area contributed by atoms with E-state index in [0.717, 1.165) is 54.6 Å². The van der Waals surface area contributed by atoms with Crippen LogP contribution in [-0.2, 0) is 0 Å². The van der Waals surface area contributed by atoms with E-state index in [9.17, 15) is 4.79 Å². The normalized spacial score (nSPS) is 17.4. The topological polar surface area (TPSA) is 68.5 Å². The van der Waals surface area contributed by atoms with Crippen molar-refractivity contribution >= 4 is 17.0 Å². The lowest BCUT2D eigenvalue weighted by atomic mass is 9.98. The van der Waals surface area contributed by atoms with Gasteiger partial charge in [0.25, 0.3) is 11.6 Å². The highest BCUT2D eigenvalue weighted by Gasteiger charge is 2.30. The summed E-state index contributed by atoms with van der Waals surface area (Å²) in [6, 6.07) is 10.0. The van der Waals surface area contributed by atoms with Gasteiger partial charge in [-0.3, -0.25) is 4.79 Å². The molecule has 6 nitrogen and oxygen atoms in total. The molecule has 0 saturated carbocycles. The molecule has 0 aliphatic carbocycles. The standard InChI is InChI=1S/C24H29N3O3/c1-15(2)20-14-19(22-16(3)26-30-23(22)25-20)24(28)27-13-7-5-6-8-21(27)17-9-11-18(29-4)12-10-17/h9-12,14-15,21H,5-8,13H2,1-4H3. The predicted molar refractivity (Wildman–Crippen MR) is 116 cm³/mol. The number of likely N-dealkylation sites (tertiary alicyclic amines) is 1. The van der Waals surface area contributed by atoms with Gasteiger partial charge < -0.3 is 14.2 Å². The van der Waals surface area contributed by atoms with E-state index < -0.39 is 0 Å². The molecule has 3 aromatic rings. The van der Waals surface area contributed by atoms with Crippen LogP contribution in [0.5, 0.6) is 5.75 Å². The molecule has 6 heteroatoms. The van der Waals surface area contributed by atoms with Crippen LogP contribution in [0.3, 0.4) is 0 Å². The average molecular weight is 408 g/mol. The molecule has 1 amide bonds. The van der Waals surface area contributed by atoms with E-state index in [-0.39, 0.29) is 17.9 Å². The summed E-state index contributed by atoms with van der Waals surface area (Å²) in [5.74, 6) is 1.04. The van der Waals surface area contributed by atoms with Gasteiger partial charge in [-0.05, 0) is 49.4 Å². The molecule has 30 heavy (non-hydrogen) atoms. The number of carbonyl (C=O) groups excluding carboxylic acids is 1. The number of nitrogens with zero attached hydrogens (tertiary/aromatic N) is 3. The molecular formula is C24H29N3O3. The minimum absolute atomic E-state index is 0.0262. The van der Waals surface area contributed by atoms with Gasteiger partial charge in [-0.1, -0.05) is 44.0 Å². The first-order valence-electron chi connectivity index (χ1n) is 10.7. The van der Waals surface area contributed by atoms with Crippen LogP contribution in [0.25, 0.3) is 11.1 Å². The number of ether oxygens (including phenoxy) is 1. The number of hydrogen-bond acceptors (Lipinski definition) is 5. The van der Waals surface area contributed by atoms with Crippen molar-refractivity contribution in [2.75, 3.05) is 13.7 Å². The molecule has 1 aliphatic heterocycles. The maximum atomic E-state index is 13.9. The number of amides is 1. The summed E-state index contributed by atoms with van der Waals surface area (Å²) in [5.41, 5.74) is 3.77. The highest BCUT2D eigenvalue weighted by molar-refractivity contribution is 6.06. The van der Waals surface area contributed by atoms with E-state index in [1.54, 1.807) is 7.11 Å². The maximum absolute atomic E-state index is 13.9. The fraction of sp³-hybridized carbons (Fsp3) is 0.458. The molecule has 4 rings (SSSR count). The third-order valence-electron chi connectivity index (χ3n) is 5.97. The summed E-state index contributed by atoms with van der Waals surface area (Å²) in [4.78, 5) is 20.5. The van der Waals surface area contributed by atoms with Crippen LogP contribution in [0, 0.1) is 6.92 Å². The van der Waals surface area contributed by atoms with E-state index >= 15 is 0 Å². The quantitative estimate of drug-likeness (QED) is 0.577. The van der Waals surface area contributed by atoms with Crippen LogP contribution >= 0.6 is 0 Å². The number of hydrogen-bond donors (Lipinski definition) is 0. The number of rotatable bonds is 4. The van der Waals surface area contributed by atoms with Gasteiger partial charge >= 0.3 is 0 Å². The van der Waals surface area contributed by atoms with E-state index in [2.05, 4.69) is 36.1 Å². The van der Waals surface area contributed by atoms with Crippen molar-refractivity contribution in [2.45, 2.75) is 58.4 Å². The molecule has 0 N–H and O–H groups in total.